The van der Waals surface area contributed by atoms with Crippen LogP contribution in [0, 0.1) is 40.4 Å². The van der Waals surface area contributed by atoms with Crippen LogP contribution in [0.3, 0.4) is 0 Å². The molecular weight excluding hydrogens is 494 g/mol. The Morgan fingerprint density at radius 3 is 2.55 bits per heavy atom. The van der Waals surface area contributed by atoms with Gasteiger partial charge in [0.25, 0.3) is 0 Å². The molecule has 0 saturated heterocycles. The number of hydrogen-bond donors (Lipinski definition) is 1. The van der Waals surface area contributed by atoms with Crippen LogP contribution in [0.1, 0.15) is 129 Å². The first kappa shape index (κ1) is 29.9. The third-order valence-electron chi connectivity index (χ3n) is 13.0. The summed E-state index contributed by atoms with van der Waals surface area (Å²) < 4.78 is 12.8. The molecule has 0 radical (unpaired) electrons. The highest BCUT2D eigenvalue weighted by Gasteiger charge is 2.61. The Morgan fingerprint density at radius 2 is 1.82 bits per heavy atom. The molecular formula is C36H57NO3. The number of oxime groups is 1. The maximum absolute atomic E-state index is 9.45. The Bertz CT molecular complexity index is 1000. The summed E-state index contributed by atoms with van der Waals surface area (Å²) in [6, 6.07) is 9.02. The quantitative estimate of drug-likeness (QED) is 0.220. The topological polar surface area (TPSA) is 51.0 Å². The third kappa shape index (κ3) is 5.48. The fourth-order valence-corrected chi connectivity index (χ4v) is 10.5. The second kappa shape index (κ2) is 12.8. The zero-order chi connectivity index (χ0) is 28.3. The van der Waals surface area contributed by atoms with Gasteiger partial charge in [0, 0.05) is 12.5 Å². The fraction of sp³-hybridized carbons (Fsp3) is 0.806. The van der Waals surface area contributed by atoms with E-state index >= 15 is 0 Å². The van der Waals surface area contributed by atoms with Gasteiger partial charge in [-0.2, -0.15) is 0 Å². The van der Waals surface area contributed by atoms with E-state index in [1.807, 2.05) is 7.11 Å². The van der Waals surface area contributed by atoms with Crippen LogP contribution in [-0.4, -0.2) is 30.7 Å². The van der Waals surface area contributed by atoms with Crippen molar-refractivity contribution in [3.05, 3.63) is 29.8 Å². The number of benzene rings is 1. The lowest BCUT2D eigenvalue weighted by atomic mass is 9.44. The molecule has 4 heteroatoms. The van der Waals surface area contributed by atoms with Crippen molar-refractivity contribution < 1.29 is 14.7 Å². The molecule has 0 heterocycles. The maximum atomic E-state index is 9.45. The molecule has 1 aromatic rings. The van der Waals surface area contributed by atoms with Crippen molar-refractivity contribution in [1.29, 1.82) is 0 Å². The van der Waals surface area contributed by atoms with Gasteiger partial charge in [0.05, 0.1) is 18.4 Å². The standard InChI is InChI=1S/C36H57NO3/c1-6-25(7-2)22-26(8-3)27-10-9-11-30(23-27)40-21-20-36-19-17-32-31(33(36)14-15-34(36)39-5)13-12-28-24-29(37-38)16-18-35(28,32)4/h9-11,23,25-26,28,31-34,38H,6-8,12-22,24H2,1-5H3/b37-29+/t26?,28?,31?,32?,33?,34-,35-,36+/m0/s1. The molecule has 40 heavy (non-hydrogen) atoms. The van der Waals surface area contributed by atoms with E-state index in [0.29, 0.717) is 23.4 Å². The van der Waals surface area contributed by atoms with Gasteiger partial charge in [0.2, 0.25) is 0 Å². The van der Waals surface area contributed by atoms with Crippen molar-refractivity contribution >= 4 is 5.71 Å². The van der Waals surface area contributed by atoms with Gasteiger partial charge in [-0.1, -0.05) is 57.8 Å². The predicted molar refractivity (Wildman–Crippen MR) is 164 cm³/mol. The minimum atomic E-state index is 0.254. The minimum absolute atomic E-state index is 0.254. The van der Waals surface area contributed by atoms with Gasteiger partial charge in [0.1, 0.15) is 5.75 Å². The maximum Gasteiger partial charge on any atom is 0.119 e. The summed E-state index contributed by atoms with van der Waals surface area (Å²) >= 11 is 0. The first-order valence-electron chi connectivity index (χ1n) is 16.9. The highest BCUT2D eigenvalue weighted by molar-refractivity contribution is 5.85. The molecule has 0 aromatic heterocycles. The lowest BCUT2D eigenvalue weighted by Gasteiger charge is -2.61. The summed E-state index contributed by atoms with van der Waals surface area (Å²) in [6.45, 7) is 10.4. The van der Waals surface area contributed by atoms with Gasteiger partial charge in [0.15, 0.2) is 0 Å². The first-order chi connectivity index (χ1) is 19.4. The monoisotopic (exact) mass is 551 g/mol. The van der Waals surface area contributed by atoms with E-state index in [-0.39, 0.29) is 5.41 Å². The van der Waals surface area contributed by atoms with E-state index in [2.05, 4.69) is 57.1 Å². The molecule has 1 N–H and O–H groups in total. The van der Waals surface area contributed by atoms with E-state index < -0.39 is 0 Å². The van der Waals surface area contributed by atoms with Gasteiger partial charge < -0.3 is 14.7 Å². The van der Waals surface area contributed by atoms with Crippen LogP contribution in [0.4, 0.5) is 0 Å². The van der Waals surface area contributed by atoms with E-state index in [1.165, 1.54) is 76.2 Å². The third-order valence-corrected chi connectivity index (χ3v) is 13.0. The van der Waals surface area contributed by atoms with Crippen LogP contribution in [0.2, 0.25) is 0 Å². The predicted octanol–water partition coefficient (Wildman–Crippen LogP) is 9.64. The van der Waals surface area contributed by atoms with Crippen LogP contribution in [0.25, 0.3) is 0 Å². The highest BCUT2D eigenvalue weighted by Crippen LogP contribution is 2.67. The molecule has 0 bridgehead atoms. The highest BCUT2D eigenvalue weighted by atomic mass is 16.5. The van der Waals surface area contributed by atoms with Crippen molar-refractivity contribution in [3.63, 3.8) is 0 Å². The normalized spacial score (nSPS) is 37.1. The van der Waals surface area contributed by atoms with Crippen molar-refractivity contribution in [3.8, 4) is 5.75 Å². The molecule has 0 amide bonds. The number of methoxy groups -OCH3 is 1. The Hall–Kier alpha value is -1.55. The summed E-state index contributed by atoms with van der Waals surface area (Å²) in [7, 11) is 1.95. The van der Waals surface area contributed by atoms with Gasteiger partial charge in [-0.05, 0) is 136 Å². The van der Waals surface area contributed by atoms with Gasteiger partial charge in [-0.15, -0.1) is 0 Å². The SMILES string of the molecule is CCC(CC)CC(CC)c1cccc(OCC[C@]23CCC4C(CCC5C/C(=N/O)CC[C@@]54C)C2CC[C@@H]3OC)c1. The molecule has 4 aliphatic rings. The molecule has 4 saturated carbocycles. The molecule has 5 rings (SSSR count). The van der Waals surface area contributed by atoms with Crippen molar-refractivity contribution in [2.45, 2.75) is 130 Å². The van der Waals surface area contributed by atoms with Crippen LogP contribution in [0.5, 0.6) is 5.75 Å². The molecule has 1 aromatic carbocycles. The van der Waals surface area contributed by atoms with E-state index in [9.17, 15) is 5.21 Å². The number of ether oxygens (including phenoxy) is 2. The van der Waals surface area contributed by atoms with Crippen molar-refractivity contribution in [2.24, 2.45) is 45.6 Å². The molecule has 4 fully saturated rings. The summed E-state index contributed by atoms with van der Waals surface area (Å²) in [6.07, 6.45) is 17.4. The number of rotatable bonds is 11. The number of hydrogen-bond acceptors (Lipinski definition) is 4. The van der Waals surface area contributed by atoms with Crippen molar-refractivity contribution in [2.75, 3.05) is 13.7 Å². The summed E-state index contributed by atoms with van der Waals surface area (Å²) in [5, 5.41) is 13.1. The molecule has 4 nitrogen and oxygen atoms in total. The Labute approximate surface area is 244 Å². The summed E-state index contributed by atoms with van der Waals surface area (Å²) in [5.74, 6) is 5.53. The zero-order valence-electron chi connectivity index (χ0n) is 26.2. The lowest BCUT2D eigenvalue weighted by molar-refractivity contribution is -0.130. The van der Waals surface area contributed by atoms with Crippen LogP contribution >= 0.6 is 0 Å². The molecule has 0 spiro atoms. The molecule has 8 atom stereocenters. The fourth-order valence-electron chi connectivity index (χ4n) is 10.5. The minimum Gasteiger partial charge on any atom is -0.494 e. The zero-order valence-corrected chi connectivity index (χ0v) is 26.2. The lowest BCUT2D eigenvalue weighted by Crippen LogP contribution is -2.55. The molecule has 0 aliphatic heterocycles. The second-order valence-electron chi connectivity index (χ2n) is 14.3. The first-order valence-corrected chi connectivity index (χ1v) is 16.9. The van der Waals surface area contributed by atoms with Gasteiger partial charge in [-0.3, -0.25) is 0 Å². The summed E-state index contributed by atoms with van der Waals surface area (Å²) in [4.78, 5) is 0. The number of fused-ring (bicyclic) bond motifs is 5. The van der Waals surface area contributed by atoms with E-state index in [0.717, 1.165) is 61.0 Å². The summed E-state index contributed by atoms with van der Waals surface area (Å²) in [5.41, 5.74) is 3.14. The molecule has 224 valence electrons. The Kier molecular flexibility index (Phi) is 9.54. The van der Waals surface area contributed by atoms with E-state index in [4.69, 9.17) is 9.47 Å². The average Bonchev–Trinajstić information content (AvgIpc) is 3.36. The number of nitrogens with zero attached hydrogens (tertiary/aromatic N) is 1. The van der Waals surface area contributed by atoms with Crippen molar-refractivity contribution in [1.82, 2.24) is 0 Å². The van der Waals surface area contributed by atoms with Gasteiger partial charge in [-0.25, -0.2) is 0 Å². The van der Waals surface area contributed by atoms with Crippen LogP contribution < -0.4 is 4.74 Å². The molecule has 5 unspecified atom stereocenters. The average molecular weight is 552 g/mol. The van der Waals surface area contributed by atoms with E-state index in [1.54, 1.807) is 0 Å². The second-order valence-corrected chi connectivity index (χ2v) is 14.3. The molecule has 4 aliphatic carbocycles. The van der Waals surface area contributed by atoms with Crippen LogP contribution in [-0.2, 0) is 4.74 Å². The van der Waals surface area contributed by atoms with Crippen LogP contribution in [0.15, 0.2) is 29.4 Å². The smallest absolute Gasteiger partial charge is 0.119 e. The Balaban J connectivity index is 1.27. The van der Waals surface area contributed by atoms with Gasteiger partial charge >= 0.3 is 0 Å². The Morgan fingerprint density at radius 1 is 1.00 bits per heavy atom. The largest absolute Gasteiger partial charge is 0.494 e.